The monoisotopic (exact) mass is 398 g/mol. The fraction of sp³-hybridized carbons (Fsp3) is 0.0345. The van der Waals surface area contributed by atoms with Gasteiger partial charge in [0.15, 0.2) is 0 Å². The lowest BCUT2D eigenvalue weighted by atomic mass is 10.0. The van der Waals surface area contributed by atoms with Gasteiger partial charge in [-0.2, -0.15) is 0 Å². The minimum Gasteiger partial charge on any atom is -0.135 e. The van der Waals surface area contributed by atoms with E-state index >= 15 is 0 Å². The third-order valence-electron chi connectivity index (χ3n) is 5.72. The Hall–Kier alpha value is -3.60. The van der Waals surface area contributed by atoms with Crippen LogP contribution in [-0.4, -0.2) is 0 Å². The van der Waals surface area contributed by atoms with Gasteiger partial charge < -0.3 is 0 Å². The molecule has 140 valence electrons. The zero-order valence-corrected chi connectivity index (χ0v) is 17.4. The molecule has 0 fully saturated rings. The Kier molecular flexibility index (Phi) is 3.88. The van der Waals surface area contributed by atoms with E-state index < -0.39 is 0 Å². The molecule has 0 nitrogen and oxygen atoms in total. The smallest absolute Gasteiger partial charge is 0.0434 e. The first kappa shape index (κ1) is 17.3. The van der Waals surface area contributed by atoms with E-state index in [2.05, 4.69) is 110 Å². The van der Waals surface area contributed by atoms with Crippen LogP contribution in [0.2, 0.25) is 0 Å². The number of hydrogen-bond acceptors (Lipinski definition) is 1. The van der Waals surface area contributed by atoms with Gasteiger partial charge in [-0.15, -0.1) is 11.3 Å². The van der Waals surface area contributed by atoms with Crippen molar-refractivity contribution in [3.63, 3.8) is 0 Å². The lowest BCUT2D eigenvalue weighted by molar-refractivity contribution is 1.46. The molecular weight excluding hydrogens is 380 g/mol. The minimum atomic E-state index is 1.05. The van der Waals surface area contributed by atoms with Crippen molar-refractivity contribution in [3.8, 4) is 11.8 Å². The Morgan fingerprint density at radius 2 is 1.30 bits per heavy atom. The summed E-state index contributed by atoms with van der Waals surface area (Å²) in [7, 11) is 0. The van der Waals surface area contributed by atoms with Crippen LogP contribution in [0.4, 0.5) is 0 Å². The zero-order valence-electron chi connectivity index (χ0n) is 16.6. The van der Waals surface area contributed by atoms with Crippen molar-refractivity contribution in [3.05, 3.63) is 108 Å². The molecule has 1 heteroatoms. The van der Waals surface area contributed by atoms with Gasteiger partial charge in [-0.1, -0.05) is 65.9 Å². The topological polar surface area (TPSA) is 0 Å². The van der Waals surface area contributed by atoms with Crippen LogP contribution in [-0.2, 0) is 0 Å². The van der Waals surface area contributed by atoms with Crippen LogP contribution >= 0.6 is 11.3 Å². The number of benzene rings is 5. The van der Waals surface area contributed by atoms with Crippen molar-refractivity contribution in [2.45, 2.75) is 6.92 Å². The van der Waals surface area contributed by atoms with Crippen LogP contribution in [0, 0.1) is 18.8 Å². The number of rotatable bonds is 0. The van der Waals surface area contributed by atoms with Crippen molar-refractivity contribution in [2.24, 2.45) is 0 Å². The molecule has 30 heavy (non-hydrogen) atoms. The average molecular weight is 399 g/mol. The second kappa shape index (κ2) is 6.73. The summed E-state index contributed by atoms with van der Waals surface area (Å²) in [6.07, 6.45) is 0. The first-order chi connectivity index (χ1) is 14.7. The molecule has 0 aliphatic carbocycles. The minimum absolute atomic E-state index is 1.05. The maximum absolute atomic E-state index is 3.34. The van der Waals surface area contributed by atoms with Crippen molar-refractivity contribution >= 4 is 53.1 Å². The van der Waals surface area contributed by atoms with Crippen molar-refractivity contribution in [1.82, 2.24) is 0 Å². The van der Waals surface area contributed by atoms with Crippen LogP contribution in [0.1, 0.15) is 16.7 Å². The van der Waals surface area contributed by atoms with Gasteiger partial charge in [0.2, 0.25) is 0 Å². The third-order valence-corrected chi connectivity index (χ3v) is 6.94. The summed E-state index contributed by atoms with van der Waals surface area (Å²) in [4.78, 5) is 0. The summed E-state index contributed by atoms with van der Waals surface area (Å²) in [6, 6.07) is 32.7. The van der Waals surface area contributed by atoms with Gasteiger partial charge in [-0.25, -0.2) is 0 Å². The lowest BCUT2D eigenvalue weighted by Gasteiger charge is -2.03. The highest BCUT2D eigenvalue weighted by atomic mass is 32.1. The van der Waals surface area contributed by atoms with Gasteiger partial charge >= 0.3 is 0 Å². The number of fused-ring (bicyclic) bond motifs is 6. The normalized spacial score (nSPS) is 11.2. The molecule has 5 aromatic carbocycles. The Labute approximate surface area is 179 Å². The highest BCUT2D eigenvalue weighted by molar-refractivity contribution is 7.26. The molecular formula is C29H18S. The van der Waals surface area contributed by atoms with E-state index in [1.54, 1.807) is 0 Å². The van der Waals surface area contributed by atoms with Gasteiger partial charge in [0.05, 0.1) is 0 Å². The number of thiophene rings is 1. The highest BCUT2D eigenvalue weighted by Gasteiger charge is 2.09. The predicted octanol–water partition coefficient (Wildman–Crippen LogP) is 8.07. The summed E-state index contributed by atoms with van der Waals surface area (Å²) in [5.41, 5.74) is 3.36. The van der Waals surface area contributed by atoms with Crippen LogP contribution in [0.5, 0.6) is 0 Å². The second-order valence-corrected chi connectivity index (χ2v) is 8.84. The van der Waals surface area contributed by atoms with Gasteiger partial charge in [0, 0.05) is 36.7 Å². The fourth-order valence-electron chi connectivity index (χ4n) is 4.11. The quantitative estimate of drug-likeness (QED) is 0.179. The molecule has 0 saturated heterocycles. The van der Waals surface area contributed by atoms with Crippen LogP contribution in [0.3, 0.4) is 0 Å². The van der Waals surface area contributed by atoms with E-state index in [1.807, 2.05) is 11.3 Å². The Balaban J connectivity index is 1.53. The molecule has 0 unspecified atom stereocenters. The van der Waals surface area contributed by atoms with E-state index in [1.165, 1.54) is 47.3 Å². The van der Waals surface area contributed by atoms with Crippen molar-refractivity contribution < 1.29 is 0 Å². The molecule has 0 bridgehead atoms. The first-order valence-corrected chi connectivity index (χ1v) is 10.9. The Morgan fingerprint density at radius 1 is 0.567 bits per heavy atom. The van der Waals surface area contributed by atoms with Crippen LogP contribution in [0.25, 0.3) is 41.7 Å². The van der Waals surface area contributed by atoms with Crippen LogP contribution < -0.4 is 0 Å². The predicted molar refractivity (Wildman–Crippen MR) is 132 cm³/mol. The Morgan fingerprint density at radius 3 is 2.13 bits per heavy atom. The van der Waals surface area contributed by atoms with E-state index in [4.69, 9.17) is 0 Å². The van der Waals surface area contributed by atoms with Gasteiger partial charge in [0.1, 0.15) is 0 Å². The summed E-state index contributed by atoms with van der Waals surface area (Å²) < 4.78 is 2.67. The molecule has 0 atom stereocenters. The molecule has 0 aliphatic rings. The molecule has 0 aliphatic heterocycles. The maximum Gasteiger partial charge on any atom is 0.0434 e. The zero-order chi connectivity index (χ0) is 20.1. The average Bonchev–Trinajstić information content (AvgIpc) is 3.16. The van der Waals surface area contributed by atoms with E-state index in [9.17, 15) is 0 Å². The van der Waals surface area contributed by atoms with Crippen molar-refractivity contribution in [2.75, 3.05) is 0 Å². The molecule has 1 aromatic heterocycles. The summed E-state index contributed by atoms with van der Waals surface area (Å²) in [6.45, 7) is 2.10. The molecule has 0 saturated carbocycles. The largest absolute Gasteiger partial charge is 0.135 e. The Bertz CT molecular complexity index is 1640. The second-order valence-electron chi connectivity index (χ2n) is 7.79. The highest BCUT2D eigenvalue weighted by Crippen LogP contribution is 2.39. The molecule has 0 spiro atoms. The van der Waals surface area contributed by atoms with E-state index in [0.717, 1.165) is 11.1 Å². The lowest BCUT2D eigenvalue weighted by Crippen LogP contribution is -1.78. The molecule has 0 N–H and O–H groups in total. The maximum atomic E-state index is 3.34. The number of hydrogen-bond donors (Lipinski definition) is 0. The summed E-state index contributed by atoms with van der Waals surface area (Å²) in [5, 5.41) is 7.82. The first-order valence-electron chi connectivity index (χ1n) is 10.1. The van der Waals surface area contributed by atoms with E-state index in [-0.39, 0.29) is 0 Å². The molecule has 6 aromatic rings. The van der Waals surface area contributed by atoms with Crippen molar-refractivity contribution in [1.29, 1.82) is 0 Å². The SMILES string of the molecule is Cc1ccc(C#Cc2ccc3sc4c5cc6ccccc6cc5ccc4c3c2)cc1. The fourth-order valence-corrected chi connectivity index (χ4v) is 5.32. The summed E-state index contributed by atoms with van der Waals surface area (Å²) in [5.74, 6) is 6.64. The van der Waals surface area contributed by atoms with Crippen LogP contribution in [0.15, 0.2) is 91.0 Å². The van der Waals surface area contributed by atoms with Gasteiger partial charge in [0.25, 0.3) is 0 Å². The van der Waals surface area contributed by atoms with E-state index in [0.29, 0.717) is 0 Å². The van der Waals surface area contributed by atoms with Gasteiger partial charge in [-0.05, 0) is 65.5 Å². The van der Waals surface area contributed by atoms with Gasteiger partial charge in [-0.3, -0.25) is 0 Å². The standard InChI is InChI=1S/C29H18S/c1-19-6-8-20(9-7-19)10-11-21-12-15-28-27(16-21)25-14-13-24-17-22-4-2-3-5-23(22)18-26(24)29(25)30-28/h2-9,12-18H,1H3. The molecule has 1 heterocycles. The summed E-state index contributed by atoms with van der Waals surface area (Å²) >= 11 is 1.88. The number of aryl methyl sites for hydroxylation is 1. The molecule has 6 rings (SSSR count). The molecule has 0 radical (unpaired) electrons. The third kappa shape index (κ3) is 2.86. The molecule has 0 amide bonds.